The summed E-state index contributed by atoms with van der Waals surface area (Å²) < 4.78 is 0. The van der Waals surface area contributed by atoms with E-state index in [0.29, 0.717) is 6.04 Å². The molecule has 0 heterocycles. The molecule has 0 atom stereocenters. The SMILES string of the molecule is CC(=O)NC1CC1.Cl. The maximum atomic E-state index is 10.2. The Morgan fingerprint density at radius 1 is 1.62 bits per heavy atom. The van der Waals surface area contributed by atoms with E-state index in [0.717, 1.165) is 0 Å². The molecule has 1 saturated carbocycles. The van der Waals surface area contributed by atoms with Crippen molar-refractivity contribution < 1.29 is 4.79 Å². The van der Waals surface area contributed by atoms with Gasteiger partial charge in [0, 0.05) is 13.0 Å². The second-order valence-corrected chi connectivity index (χ2v) is 1.97. The molecule has 8 heavy (non-hydrogen) atoms. The molecule has 48 valence electrons. The number of nitrogens with one attached hydrogen (secondary N) is 1. The van der Waals surface area contributed by atoms with Gasteiger partial charge >= 0.3 is 0 Å². The summed E-state index contributed by atoms with van der Waals surface area (Å²) in [6.45, 7) is 1.55. The molecule has 1 aliphatic rings. The third kappa shape index (κ3) is 2.86. The van der Waals surface area contributed by atoms with Crippen molar-refractivity contribution in [2.75, 3.05) is 0 Å². The Hall–Kier alpha value is -0.240. The summed E-state index contributed by atoms with van der Waals surface area (Å²) in [7, 11) is 0. The standard InChI is InChI=1S/C5H9NO.ClH/c1-4(7)6-5-2-3-5;/h5H,2-3H2,1H3,(H,6,7);1H. The molecule has 2 nitrogen and oxygen atoms in total. The lowest BCUT2D eigenvalue weighted by atomic mass is 10.6. The van der Waals surface area contributed by atoms with Gasteiger partial charge in [0.2, 0.25) is 5.91 Å². The van der Waals surface area contributed by atoms with Crippen LogP contribution in [0.5, 0.6) is 0 Å². The molecule has 1 aliphatic carbocycles. The highest BCUT2D eigenvalue weighted by molar-refractivity contribution is 5.85. The van der Waals surface area contributed by atoms with E-state index in [9.17, 15) is 4.79 Å². The number of hydrogen-bond acceptors (Lipinski definition) is 1. The maximum Gasteiger partial charge on any atom is 0.217 e. The zero-order valence-corrected chi connectivity index (χ0v) is 5.62. The molecular weight excluding hydrogens is 126 g/mol. The van der Waals surface area contributed by atoms with Crippen LogP contribution in [0, 0.1) is 0 Å². The second-order valence-electron chi connectivity index (χ2n) is 1.97. The van der Waals surface area contributed by atoms with Crippen LogP contribution in [0.1, 0.15) is 19.8 Å². The summed E-state index contributed by atoms with van der Waals surface area (Å²) in [4.78, 5) is 10.2. The first-order valence-electron chi connectivity index (χ1n) is 2.56. The van der Waals surface area contributed by atoms with Crippen LogP contribution in [0.4, 0.5) is 0 Å². The van der Waals surface area contributed by atoms with Crippen molar-refractivity contribution in [2.24, 2.45) is 0 Å². The number of amides is 1. The van der Waals surface area contributed by atoms with Gasteiger partial charge in [0.25, 0.3) is 0 Å². The highest BCUT2D eigenvalue weighted by Crippen LogP contribution is 2.17. The van der Waals surface area contributed by atoms with Gasteiger partial charge in [-0.25, -0.2) is 0 Å². The second kappa shape index (κ2) is 2.92. The zero-order valence-electron chi connectivity index (χ0n) is 4.81. The molecule has 1 rings (SSSR count). The van der Waals surface area contributed by atoms with Gasteiger partial charge in [-0.1, -0.05) is 0 Å². The van der Waals surface area contributed by atoms with Crippen LogP contribution in [-0.4, -0.2) is 11.9 Å². The van der Waals surface area contributed by atoms with Crippen molar-refractivity contribution in [3.05, 3.63) is 0 Å². The quantitative estimate of drug-likeness (QED) is 0.564. The minimum atomic E-state index is 0. The van der Waals surface area contributed by atoms with E-state index >= 15 is 0 Å². The topological polar surface area (TPSA) is 29.1 Å². The molecule has 1 N–H and O–H groups in total. The largest absolute Gasteiger partial charge is 0.354 e. The highest BCUT2D eigenvalue weighted by atomic mass is 35.5. The summed E-state index contributed by atoms with van der Waals surface area (Å²) in [5.74, 6) is 0.0995. The fourth-order valence-electron chi connectivity index (χ4n) is 0.515. The van der Waals surface area contributed by atoms with Gasteiger partial charge in [0.05, 0.1) is 0 Å². The van der Waals surface area contributed by atoms with Gasteiger partial charge in [-0.05, 0) is 12.8 Å². The van der Waals surface area contributed by atoms with Crippen LogP contribution in [0.2, 0.25) is 0 Å². The molecule has 3 heteroatoms. The van der Waals surface area contributed by atoms with Gasteiger partial charge in [-0.15, -0.1) is 12.4 Å². The average Bonchev–Trinajstić information content (AvgIpc) is 2.17. The Morgan fingerprint density at radius 2 is 2.12 bits per heavy atom. The van der Waals surface area contributed by atoms with Crippen LogP contribution < -0.4 is 5.32 Å². The fourth-order valence-corrected chi connectivity index (χ4v) is 0.515. The van der Waals surface area contributed by atoms with E-state index in [1.807, 2.05) is 0 Å². The van der Waals surface area contributed by atoms with E-state index in [2.05, 4.69) is 5.32 Å². The van der Waals surface area contributed by atoms with Crippen LogP contribution in [-0.2, 0) is 4.79 Å². The number of carbonyl (C=O) groups excluding carboxylic acids is 1. The summed E-state index contributed by atoms with van der Waals surface area (Å²) in [5.41, 5.74) is 0. The van der Waals surface area contributed by atoms with Crippen molar-refractivity contribution in [2.45, 2.75) is 25.8 Å². The smallest absolute Gasteiger partial charge is 0.217 e. The van der Waals surface area contributed by atoms with Crippen LogP contribution in [0.25, 0.3) is 0 Å². The third-order valence-corrected chi connectivity index (χ3v) is 0.985. The maximum absolute atomic E-state index is 10.2. The van der Waals surface area contributed by atoms with E-state index in [-0.39, 0.29) is 18.3 Å². The van der Waals surface area contributed by atoms with Crippen LogP contribution in [0.15, 0.2) is 0 Å². The lowest BCUT2D eigenvalue weighted by Gasteiger charge is -1.91. The predicted molar refractivity (Wildman–Crippen MR) is 34.1 cm³/mol. The number of hydrogen-bond donors (Lipinski definition) is 1. The monoisotopic (exact) mass is 135 g/mol. The molecule has 0 aliphatic heterocycles. The van der Waals surface area contributed by atoms with Crippen molar-refractivity contribution in [1.29, 1.82) is 0 Å². The number of carbonyl (C=O) groups is 1. The molecule has 0 spiro atoms. The van der Waals surface area contributed by atoms with Crippen LogP contribution >= 0.6 is 12.4 Å². The van der Waals surface area contributed by atoms with Crippen molar-refractivity contribution >= 4 is 18.3 Å². The summed E-state index contributed by atoms with van der Waals surface area (Å²) >= 11 is 0. The van der Waals surface area contributed by atoms with E-state index in [1.54, 1.807) is 6.92 Å². The summed E-state index contributed by atoms with van der Waals surface area (Å²) in [5, 5.41) is 2.78. The first-order chi connectivity index (χ1) is 3.29. The molecule has 1 fully saturated rings. The molecule has 0 aromatic carbocycles. The zero-order chi connectivity index (χ0) is 5.28. The number of rotatable bonds is 1. The molecule has 0 aromatic heterocycles. The molecule has 0 bridgehead atoms. The normalized spacial score (nSPS) is 16.6. The van der Waals surface area contributed by atoms with Gasteiger partial charge in [0.15, 0.2) is 0 Å². The summed E-state index contributed by atoms with van der Waals surface area (Å²) in [6, 6.07) is 0.525. The average molecular weight is 136 g/mol. The lowest BCUT2D eigenvalue weighted by Crippen LogP contribution is -2.21. The van der Waals surface area contributed by atoms with Crippen LogP contribution in [0.3, 0.4) is 0 Å². The van der Waals surface area contributed by atoms with Gasteiger partial charge in [-0.3, -0.25) is 4.79 Å². The fraction of sp³-hybridized carbons (Fsp3) is 0.800. The Labute approximate surface area is 55.1 Å². The Bertz CT molecular complexity index is 90.4. The third-order valence-electron chi connectivity index (χ3n) is 0.985. The van der Waals surface area contributed by atoms with Crippen molar-refractivity contribution in [3.63, 3.8) is 0 Å². The minimum Gasteiger partial charge on any atom is -0.354 e. The highest BCUT2D eigenvalue weighted by Gasteiger charge is 2.21. The van der Waals surface area contributed by atoms with Gasteiger partial charge in [0.1, 0.15) is 0 Å². The lowest BCUT2D eigenvalue weighted by molar-refractivity contribution is -0.119. The van der Waals surface area contributed by atoms with Gasteiger partial charge < -0.3 is 5.32 Å². The molecular formula is C5H10ClNO. The molecule has 0 unspecified atom stereocenters. The number of halogens is 1. The summed E-state index contributed by atoms with van der Waals surface area (Å²) in [6.07, 6.45) is 2.36. The molecule has 1 amide bonds. The van der Waals surface area contributed by atoms with Crippen molar-refractivity contribution in [1.82, 2.24) is 5.32 Å². The Morgan fingerprint density at radius 3 is 2.25 bits per heavy atom. The Balaban J connectivity index is 0.000000490. The minimum absolute atomic E-state index is 0. The predicted octanol–water partition coefficient (Wildman–Crippen LogP) is 0.707. The first-order valence-corrected chi connectivity index (χ1v) is 2.56. The molecule has 0 aromatic rings. The van der Waals surface area contributed by atoms with E-state index in [4.69, 9.17) is 0 Å². The van der Waals surface area contributed by atoms with Crippen molar-refractivity contribution in [3.8, 4) is 0 Å². The Kier molecular flexibility index (Phi) is 2.84. The van der Waals surface area contributed by atoms with Gasteiger partial charge in [-0.2, -0.15) is 0 Å². The molecule has 0 saturated heterocycles. The molecule has 0 radical (unpaired) electrons. The van der Waals surface area contributed by atoms with E-state index in [1.165, 1.54) is 12.8 Å². The first kappa shape index (κ1) is 7.76. The van der Waals surface area contributed by atoms with E-state index < -0.39 is 0 Å².